The second kappa shape index (κ2) is 6.12. The maximum absolute atomic E-state index is 13.0. The van der Waals surface area contributed by atoms with Gasteiger partial charge < -0.3 is 0 Å². The number of rotatable bonds is 4. The summed E-state index contributed by atoms with van der Waals surface area (Å²) in [6.45, 7) is 2.12. The van der Waals surface area contributed by atoms with E-state index >= 15 is 0 Å². The summed E-state index contributed by atoms with van der Waals surface area (Å²) >= 11 is 0. The van der Waals surface area contributed by atoms with Gasteiger partial charge in [0, 0.05) is 0 Å². The van der Waals surface area contributed by atoms with Crippen molar-refractivity contribution in [2.75, 3.05) is 0 Å². The van der Waals surface area contributed by atoms with Gasteiger partial charge in [-0.1, -0.05) is 55.8 Å². The molecule has 2 rings (SSSR count). The predicted octanol–water partition coefficient (Wildman–Crippen LogP) is 5.72. The molecule has 0 atom stereocenters. The van der Waals surface area contributed by atoms with Crippen LogP contribution in [0.1, 0.15) is 30.9 Å². The van der Waals surface area contributed by atoms with Crippen LogP contribution in [0.5, 0.6) is 0 Å². The van der Waals surface area contributed by atoms with E-state index in [1.807, 2.05) is 12.1 Å². The molecule has 0 aliphatic rings. The first-order chi connectivity index (χ1) is 9.52. The molecule has 3 heteroatoms. The van der Waals surface area contributed by atoms with Crippen molar-refractivity contribution >= 4 is 0 Å². The molecule has 0 amide bonds. The van der Waals surface area contributed by atoms with Crippen molar-refractivity contribution < 1.29 is 13.2 Å². The number of hydrogen-bond acceptors (Lipinski definition) is 0. The van der Waals surface area contributed by atoms with Crippen molar-refractivity contribution in [3.05, 3.63) is 59.7 Å². The third kappa shape index (κ3) is 3.41. The van der Waals surface area contributed by atoms with E-state index in [9.17, 15) is 13.2 Å². The molecule has 0 spiro atoms. The van der Waals surface area contributed by atoms with Crippen LogP contribution in [0.3, 0.4) is 0 Å². The third-order valence-corrected chi connectivity index (χ3v) is 3.32. The van der Waals surface area contributed by atoms with Crippen LogP contribution in [0.15, 0.2) is 48.5 Å². The van der Waals surface area contributed by atoms with Gasteiger partial charge in [0.05, 0.1) is 5.56 Å². The average Bonchev–Trinajstić information content (AvgIpc) is 2.45. The number of halogens is 3. The fourth-order valence-corrected chi connectivity index (χ4v) is 2.21. The highest BCUT2D eigenvalue weighted by atomic mass is 19.4. The van der Waals surface area contributed by atoms with E-state index in [0.29, 0.717) is 5.56 Å². The predicted molar refractivity (Wildman–Crippen MR) is 75.5 cm³/mol. The Morgan fingerprint density at radius 3 is 2.15 bits per heavy atom. The van der Waals surface area contributed by atoms with Gasteiger partial charge >= 0.3 is 6.18 Å². The average molecular weight is 278 g/mol. The Morgan fingerprint density at radius 2 is 1.55 bits per heavy atom. The Labute approximate surface area is 117 Å². The molecule has 0 aliphatic carbocycles. The van der Waals surface area contributed by atoms with Crippen LogP contribution in [-0.4, -0.2) is 0 Å². The minimum Gasteiger partial charge on any atom is -0.166 e. The lowest BCUT2D eigenvalue weighted by molar-refractivity contribution is -0.137. The smallest absolute Gasteiger partial charge is 0.166 e. The summed E-state index contributed by atoms with van der Waals surface area (Å²) < 4.78 is 38.9. The van der Waals surface area contributed by atoms with E-state index in [1.54, 1.807) is 18.2 Å². The molecular formula is C17H17F3. The molecule has 2 aromatic rings. The quantitative estimate of drug-likeness (QED) is 0.671. The lowest BCUT2D eigenvalue weighted by atomic mass is 9.97. The van der Waals surface area contributed by atoms with Gasteiger partial charge in [-0.3, -0.25) is 0 Å². The van der Waals surface area contributed by atoms with E-state index in [0.717, 1.165) is 25.3 Å². The van der Waals surface area contributed by atoms with Crippen molar-refractivity contribution in [2.24, 2.45) is 0 Å². The topological polar surface area (TPSA) is 0 Å². The van der Waals surface area contributed by atoms with Crippen LogP contribution in [0.2, 0.25) is 0 Å². The van der Waals surface area contributed by atoms with E-state index in [2.05, 4.69) is 6.92 Å². The van der Waals surface area contributed by atoms with Gasteiger partial charge in [0.2, 0.25) is 0 Å². The largest absolute Gasteiger partial charge is 0.417 e. The fourth-order valence-electron chi connectivity index (χ4n) is 2.21. The highest BCUT2D eigenvalue weighted by molar-refractivity contribution is 5.68. The molecule has 0 N–H and O–H groups in total. The summed E-state index contributed by atoms with van der Waals surface area (Å²) in [4.78, 5) is 0. The molecule has 0 aliphatic heterocycles. The van der Waals surface area contributed by atoms with Gasteiger partial charge in [-0.25, -0.2) is 0 Å². The monoisotopic (exact) mass is 278 g/mol. The second-order valence-electron chi connectivity index (χ2n) is 4.84. The van der Waals surface area contributed by atoms with Crippen LogP contribution < -0.4 is 0 Å². The Kier molecular flexibility index (Phi) is 4.48. The van der Waals surface area contributed by atoms with Crippen molar-refractivity contribution in [3.8, 4) is 11.1 Å². The maximum atomic E-state index is 13.0. The number of benzene rings is 2. The molecule has 2 aromatic carbocycles. The lowest BCUT2D eigenvalue weighted by Crippen LogP contribution is -2.06. The van der Waals surface area contributed by atoms with Crippen molar-refractivity contribution in [1.29, 1.82) is 0 Å². The SMILES string of the molecule is CCCCc1ccc(-c2ccccc2C(F)(F)F)cc1. The number of aryl methyl sites for hydroxylation is 1. The molecule has 0 saturated carbocycles. The number of hydrogen-bond donors (Lipinski definition) is 0. The van der Waals surface area contributed by atoms with Gasteiger partial charge in [0.15, 0.2) is 0 Å². The molecule has 0 fully saturated rings. The molecule has 0 unspecified atom stereocenters. The minimum absolute atomic E-state index is 0.238. The van der Waals surface area contributed by atoms with Crippen molar-refractivity contribution in [1.82, 2.24) is 0 Å². The van der Waals surface area contributed by atoms with Crippen molar-refractivity contribution in [3.63, 3.8) is 0 Å². The molecule has 0 aromatic heterocycles. The van der Waals surface area contributed by atoms with E-state index < -0.39 is 11.7 Å². The van der Waals surface area contributed by atoms with Crippen LogP contribution in [0.25, 0.3) is 11.1 Å². The van der Waals surface area contributed by atoms with Crippen LogP contribution in [-0.2, 0) is 12.6 Å². The summed E-state index contributed by atoms with van der Waals surface area (Å²) in [7, 11) is 0. The molecule has 0 saturated heterocycles. The number of unbranched alkanes of at least 4 members (excludes halogenated alkanes) is 1. The first-order valence-corrected chi connectivity index (χ1v) is 6.78. The van der Waals surface area contributed by atoms with E-state index in [4.69, 9.17) is 0 Å². The zero-order valence-electron chi connectivity index (χ0n) is 11.4. The van der Waals surface area contributed by atoms with Crippen LogP contribution in [0, 0.1) is 0 Å². The Bertz CT molecular complexity index is 553. The summed E-state index contributed by atoms with van der Waals surface area (Å²) in [5, 5.41) is 0. The normalized spacial score (nSPS) is 11.6. The third-order valence-electron chi connectivity index (χ3n) is 3.32. The van der Waals surface area contributed by atoms with Gasteiger partial charge in [-0.05, 0) is 35.6 Å². The molecule has 0 heterocycles. The van der Waals surface area contributed by atoms with Crippen LogP contribution >= 0.6 is 0 Å². The Balaban J connectivity index is 2.33. The first-order valence-electron chi connectivity index (χ1n) is 6.78. The Morgan fingerprint density at radius 1 is 0.900 bits per heavy atom. The van der Waals surface area contributed by atoms with Gasteiger partial charge in [0.1, 0.15) is 0 Å². The summed E-state index contributed by atoms with van der Waals surface area (Å²) in [6.07, 6.45) is -1.15. The zero-order valence-corrected chi connectivity index (χ0v) is 11.4. The van der Waals surface area contributed by atoms with Crippen molar-refractivity contribution in [2.45, 2.75) is 32.4 Å². The molecular weight excluding hydrogens is 261 g/mol. The standard InChI is InChI=1S/C17H17F3/c1-2-3-6-13-9-11-14(12-10-13)15-7-4-5-8-16(15)17(18,19)20/h4-5,7-12H,2-3,6H2,1H3. The first kappa shape index (κ1) is 14.6. The molecule has 20 heavy (non-hydrogen) atoms. The van der Waals surface area contributed by atoms with E-state index in [-0.39, 0.29) is 5.56 Å². The van der Waals surface area contributed by atoms with E-state index in [1.165, 1.54) is 17.7 Å². The van der Waals surface area contributed by atoms with Crippen LogP contribution in [0.4, 0.5) is 13.2 Å². The zero-order chi connectivity index (χ0) is 14.6. The summed E-state index contributed by atoms with van der Waals surface area (Å²) in [5.41, 5.74) is 1.43. The molecule has 0 bridgehead atoms. The van der Waals surface area contributed by atoms with Gasteiger partial charge in [-0.2, -0.15) is 13.2 Å². The lowest BCUT2D eigenvalue weighted by Gasteiger charge is -2.13. The highest BCUT2D eigenvalue weighted by Crippen LogP contribution is 2.36. The van der Waals surface area contributed by atoms with Gasteiger partial charge in [0.25, 0.3) is 0 Å². The maximum Gasteiger partial charge on any atom is 0.417 e. The molecule has 0 radical (unpaired) electrons. The number of alkyl halides is 3. The molecule has 106 valence electrons. The summed E-state index contributed by atoms with van der Waals surface area (Å²) in [6, 6.07) is 13.1. The minimum atomic E-state index is -4.32. The molecule has 0 nitrogen and oxygen atoms in total. The fraction of sp³-hybridized carbons (Fsp3) is 0.294. The second-order valence-corrected chi connectivity index (χ2v) is 4.84. The Hall–Kier alpha value is -1.77. The summed E-state index contributed by atoms with van der Waals surface area (Å²) in [5.74, 6) is 0. The highest BCUT2D eigenvalue weighted by Gasteiger charge is 2.33. The van der Waals surface area contributed by atoms with Gasteiger partial charge in [-0.15, -0.1) is 0 Å².